The van der Waals surface area contributed by atoms with E-state index in [2.05, 4.69) is 164 Å². The number of benzene rings is 6. The molecule has 0 saturated heterocycles. The lowest BCUT2D eigenvalue weighted by Crippen LogP contribution is -2.10. The Bertz CT molecular complexity index is 2110. The summed E-state index contributed by atoms with van der Waals surface area (Å²) >= 11 is 0. The standard InChI is InChI=1S/C45H40N2/c1-5-32(6-2)34-13-17-36(18-14-34)38-21-22-40-30-42(24-23-39(40)29-38)44-26-25-41(31-45(44)47(4)43-11-9-8-10-12-43)37-19-15-35(16-20-37)33(7-3)27-28-46/h5-31H,1,46H2,2-4H3/b28-27-,32-6+,33-7+. The van der Waals surface area contributed by atoms with Crippen molar-refractivity contribution in [2.24, 2.45) is 5.73 Å². The van der Waals surface area contributed by atoms with Gasteiger partial charge in [0, 0.05) is 24.0 Å². The Kier molecular flexibility index (Phi) is 9.31. The highest BCUT2D eigenvalue weighted by atomic mass is 15.1. The van der Waals surface area contributed by atoms with Crippen molar-refractivity contribution in [1.29, 1.82) is 0 Å². The van der Waals surface area contributed by atoms with Crippen molar-refractivity contribution in [3.63, 3.8) is 0 Å². The molecular formula is C45H40N2. The molecule has 0 aromatic heterocycles. The summed E-state index contributed by atoms with van der Waals surface area (Å²) in [4.78, 5) is 2.28. The van der Waals surface area contributed by atoms with Crippen LogP contribution in [0.1, 0.15) is 25.0 Å². The molecule has 0 radical (unpaired) electrons. The van der Waals surface area contributed by atoms with Gasteiger partial charge in [-0.05, 0) is 117 Å². The van der Waals surface area contributed by atoms with E-state index in [4.69, 9.17) is 5.73 Å². The van der Waals surface area contributed by atoms with Crippen LogP contribution in [0.25, 0.3) is 55.3 Å². The molecule has 47 heavy (non-hydrogen) atoms. The molecule has 0 atom stereocenters. The maximum absolute atomic E-state index is 5.67. The van der Waals surface area contributed by atoms with Crippen LogP contribution in [0.4, 0.5) is 11.4 Å². The van der Waals surface area contributed by atoms with Gasteiger partial charge in [0.05, 0.1) is 0 Å². The highest BCUT2D eigenvalue weighted by molar-refractivity contribution is 5.94. The normalized spacial score (nSPS) is 12.1. The number of anilines is 2. The van der Waals surface area contributed by atoms with E-state index in [0.717, 1.165) is 28.1 Å². The molecule has 0 bridgehead atoms. The fourth-order valence-electron chi connectivity index (χ4n) is 6.19. The van der Waals surface area contributed by atoms with Crippen LogP contribution >= 0.6 is 0 Å². The summed E-state index contributed by atoms with van der Waals surface area (Å²) in [5, 5.41) is 2.43. The Morgan fingerprint density at radius 3 is 1.66 bits per heavy atom. The van der Waals surface area contributed by atoms with E-state index in [1.54, 1.807) is 6.20 Å². The summed E-state index contributed by atoms with van der Waals surface area (Å²) in [7, 11) is 2.14. The predicted octanol–water partition coefficient (Wildman–Crippen LogP) is 12.1. The second-order valence-electron chi connectivity index (χ2n) is 11.6. The number of nitrogens with two attached hydrogens (primary N) is 1. The van der Waals surface area contributed by atoms with Gasteiger partial charge in [-0.15, -0.1) is 0 Å². The summed E-state index contributed by atoms with van der Waals surface area (Å²) in [5.74, 6) is 0. The van der Waals surface area contributed by atoms with Gasteiger partial charge in [-0.2, -0.15) is 0 Å². The highest BCUT2D eigenvalue weighted by Crippen LogP contribution is 2.39. The van der Waals surface area contributed by atoms with Gasteiger partial charge in [0.1, 0.15) is 0 Å². The van der Waals surface area contributed by atoms with Crippen molar-refractivity contribution in [3.8, 4) is 33.4 Å². The maximum Gasteiger partial charge on any atom is 0.0494 e. The zero-order valence-electron chi connectivity index (χ0n) is 27.3. The Balaban J connectivity index is 1.37. The molecule has 6 rings (SSSR count). The van der Waals surface area contributed by atoms with E-state index < -0.39 is 0 Å². The first-order chi connectivity index (χ1) is 23.0. The van der Waals surface area contributed by atoms with Gasteiger partial charge in [-0.3, -0.25) is 0 Å². The van der Waals surface area contributed by atoms with E-state index in [1.807, 2.05) is 26.0 Å². The van der Waals surface area contributed by atoms with E-state index in [-0.39, 0.29) is 0 Å². The molecule has 0 unspecified atom stereocenters. The van der Waals surface area contributed by atoms with Gasteiger partial charge in [0.15, 0.2) is 0 Å². The summed E-state index contributed by atoms with van der Waals surface area (Å²) < 4.78 is 0. The van der Waals surface area contributed by atoms with E-state index in [1.165, 1.54) is 49.7 Å². The summed E-state index contributed by atoms with van der Waals surface area (Å²) in [6.07, 6.45) is 9.58. The van der Waals surface area contributed by atoms with Gasteiger partial charge in [-0.25, -0.2) is 0 Å². The molecule has 0 spiro atoms. The molecule has 0 aliphatic carbocycles. The number of hydrogen-bond donors (Lipinski definition) is 1. The van der Waals surface area contributed by atoms with Crippen molar-refractivity contribution in [2.45, 2.75) is 13.8 Å². The van der Waals surface area contributed by atoms with Gasteiger partial charge in [0.2, 0.25) is 0 Å². The average Bonchev–Trinajstić information content (AvgIpc) is 3.14. The van der Waals surface area contributed by atoms with Crippen molar-refractivity contribution in [2.75, 3.05) is 11.9 Å². The minimum atomic E-state index is 1.10. The molecule has 2 N–H and O–H groups in total. The molecule has 0 saturated carbocycles. The molecule has 2 nitrogen and oxygen atoms in total. The number of allylic oxidation sites excluding steroid dienone is 6. The lowest BCUT2D eigenvalue weighted by molar-refractivity contribution is 1.21. The smallest absolute Gasteiger partial charge is 0.0494 e. The third kappa shape index (κ3) is 6.59. The first-order valence-electron chi connectivity index (χ1n) is 16.0. The molecule has 2 heteroatoms. The van der Waals surface area contributed by atoms with Crippen LogP contribution in [0.15, 0.2) is 171 Å². The molecule has 0 aliphatic rings. The highest BCUT2D eigenvalue weighted by Gasteiger charge is 2.14. The zero-order valence-corrected chi connectivity index (χ0v) is 27.3. The average molecular weight is 609 g/mol. The Morgan fingerprint density at radius 1 is 0.574 bits per heavy atom. The fourth-order valence-corrected chi connectivity index (χ4v) is 6.19. The summed E-state index contributed by atoms with van der Waals surface area (Å²) in [6, 6.07) is 48.3. The SMILES string of the molecule is C=C/C(=C\C)c1ccc(-c2ccc3cc(-c4ccc(-c5ccc(C(/C=C\N)=C/C)cc5)cc4N(C)c4ccccc4)ccc3c2)cc1. The fraction of sp³-hybridized carbons (Fsp3) is 0.0667. The zero-order chi connectivity index (χ0) is 32.8. The number of nitrogens with zero attached hydrogens (tertiary/aromatic N) is 1. The van der Waals surface area contributed by atoms with E-state index >= 15 is 0 Å². The van der Waals surface area contributed by atoms with Crippen molar-refractivity contribution < 1.29 is 0 Å². The Morgan fingerprint density at radius 2 is 1.09 bits per heavy atom. The van der Waals surface area contributed by atoms with Gasteiger partial charge >= 0.3 is 0 Å². The number of rotatable bonds is 9. The second kappa shape index (κ2) is 14.1. The van der Waals surface area contributed by atoms with Gasteiger partial charge in [0.25, 0.3) is 0 Å². The van der Waals surface area contributed by atoms with Gasteiger partial charge in [-0.1, -0.05) is 128 Å². The summed E-state index contributed by atoms with van der Waals surface area (Å²) in [6.45, 7) is 8.01. The Hall–Kier alpha value is -5.86. The number of hydrogen-bond acceptors (Lipinski definition) is 2. The molecule has 0 aliphatic heterocycles. The number of para-hydroxylation sites is 1. The first kappa shape index (κ1) is 31.1. The molecular weight excluding hydrogens is 569 g/mol. The maximum atomic E-state index is 5.67. The van der Waals surface area contributed by atoms with Crippen LogP contribution in [0.2, 0.25) is 0 Å². The van der Waals surface area contributed by atoms with Crippen LogP contribution in [-0.4, -0.2) is 7.05 Å². The predicted molar refractivity (Wildman–Crippen MR) is 206 cm³/mol. The van der Waals surface area contributed by atoms with Crippen LogP contribution in [0.5, 0.6) is 0 Å². The molecule has 0 fully saturated rings. The molecule has 230 valence electrons. The molecule has 0 heterocycles. The lowest BCUT2D eigenvalue weighted by atomic mass is 9.94. The third-order valence-electron chi connectivity index (χ3n) is 8.87. The van der Waals surface area contributed by atoms with Crippen LogP contribution < -0.4 is 10.6 Å². The topological polar surface area (TPSA) is 29.3 Å². The minimum absolute atomic E-state index is 1.10. The largest absolute Gasteiger partial charge is 0.405 e. The van der Waals surface area contributed by atoms with Crippen LogP contribution in [-0.2, 0) is 0 Å². The molecule has 6 aromatic carbocycles. The Labute approximate surface area is 279 Å². The first-order valence-corrected chi connectivity index (χ1v) is 16.0. The lowest BCUT2D eigenvalue weighted by Gasteiger charge is -2.24. The summed E-state index contributed by atoms with van der Waals surface area (Å²) in [5.41, 5.74) is 19.6. The second-order valence-corrected chi connectivity index (χ2v) is 11.6. The van der Waals surface area contributed by atoms with Crippen molar-refractivity contribution in [3.05, 3.63) is 182 Å². The van der Waals surface area contributed by atoms with Crippen LogP contribution in [0, 0.1) is 0 Å². The van der Waals surface area contributed by atoms with E-state index in [9.17, 15) is 0 Å². The van der Waals surface area contributed by atoms with Crippen molar-refractivity contribution >= 4 is 33.3 Å². The minimum Gasteiger partial charge on any atom is -0.405 e. The monoisotopic (exact) mass is 608 g/mol. The molecule has 0 amide bonds. The van der Waals surface area contributed by atoms with E-state index in [0.29, 0.717) is 0 Å². The molecule has 6 aromatic rings. The number of fused-ring (bicyclic) bond motifs is 1. The third-order valence-corrected chi connectivity index (χ3v) is 8.87. The quantitative estimate of drug-likeness (QED) is 0.165. The van der Waals surface area contributed by atoms with Crippen molar-refractivity contribution in [1.82, 2.24) is 0 Å². The van der Waals surface area contributed by atoms with Gasteiger partial charge < -0.3 is 10.6 Å². The van der Waals surface area contributed by atoms with Crippen LogP contribution in [0.3, 0.4) is 0 Å².